The van der Waals surface area contributed by atoms with Gasteiger partial charge in [-0.3, -0.25) is 14.3 Å². The van der Waals surface area contributed by atoms with Crippen molar-refractivity contribution >= 4 is 22.6 Å². The van der Waals surface area contributed by atoms with Crippen molar-refractivity contribution in [2.75, 3.05) is 4.43 Å². The number of halogens is 1. The molecule has 0 saturated carbocycles. The Morgan fingerprint density at radius 1 is 1.38 bits per heavy atom. The molecular formula is C9H9IN2O4. The van der Waals surface area contributed by atoms with Gasteiger partial charge in [-0.1, -0.05) is 22.6 Å². The zero-order valence-electron chi connectivity index (χ0n) is 8.13. The van der Waals surface area contributed by atoms with Crippen LogP contribution in [0.15, 0.2) is 21.9 Å². The van der Waals surface area contributed by atoms with Gasteiger partial charge in [-0.2, -0.15) is 0 Å². The van der Waals surface area contributed by atoms with Crippen LogP contribution < -0.4 is 11.2 Å². The number of nitrogens with one attached hydrogen (secondary N) is 1. The number of aromatic nitrogens is 2. The first-order valence-electron chi connectivity index (χ1n) is 4.89. The minimum atomic E-state index is -0.458. The van der Waals surface area contributed by atoms with Crippen LogP contribution in [0.2, 0.25) is 0 Å². The molecule has 1 aromatic rings. The summed E-state index contributed by atoms with van der Waals surface area (Å²) in [6.45, 7) is 0. The first-order valence-corrected chi connectivity index (χ1v) is 6.41. The fourth-order valence-electron chi connectivity index (χ4n) is 1.97. The van der Waals surface area contributed by atoms with Crippen molar-refractivity contribution in [2.24, 2.45) is 0 Å². The molecule has 2 aliphatic heterocycles. The average molecular weight is 336 g/mol. The number of ether oxygens (including phenoxy) is 2. The van der Waals surface area contributed by atoms with Crippen molar-refractivity contribution < 1.29 is 9.47 Å². The smallest absolute Gasteiger partial charge is 0.330 e. The molecule has 3 rings (SSSR count). The van der Waals surface area contributed by atoms with E-state index in [1.807, 2.05) is 0 Å². The van der Waals surface area contributed by atoms with Gasteiger partial charge in [-0.05, 0) is 0 Å². The minimum absolute atomic E-state index is 0.0365. The molecule has 2 aliphatic rings. The van der Waals surface area contributed by atoms with Gasteiger partial charge in [-0.25, -0.2) is 4.79 Å². The van der Waals surface area contributed by atoms with Crippen molar-refractivity contribution in [3.63, 3.8) is 0 Å². The third-order valence-electron chi connectivity index (χ3n) is 2.80. The van der Waals surface area contributed by atoms with Gasteiger partial charge in [0, 0.05) is 16.7 Å². The predicted molar refractivity (Wildman–Crippen MR) is 62.8 cm³/mol. The maximum Gasteiger partial charge on any atom is 0.330 e. The lowest BCUT2D eigenvalue weighted by Gasteiger charge is -2.17. The number of fused-ring (bicyclic) bond motifs is 1. The molecule has 0 unspecified atom stereocenters. The second-order valence-electron chi connectivity index (χ2n) is 3.80. The summed E-state index contributed by atoms with van der Waals surface area (Å²) >= 11 is 2.22. The molecule has 1 N–H and O–H groups in total. The van der Waals surface area contributed by atoms with Gasteiger partial charge in [0.25, 0.3) is 5.56 Å². The molecule has 7 heteroatoms. The summed E-state index contributed by atoms with van der Waals surface area (Å²) in [5.41, 5.74) is -0.862. The van der Waals surface area contributed by atoms with Crippen molar-refractivity contribution in [1.29, 1.82) is 0 Å². The van der Waals surface area contributed by atoms with Crippen LogP contribution >= 0.6 is 22.6 Å². The van der Waals surface area contributed by atoms with Crippen LogP contribution in [0.25, 0.3) is 0 Å². The zero-order chi connectivity index (χ0) is 11.3. The van der Waals surface area contributed by atoms with E-state index < -0.39 is 17.5 Å². The monoisotopic (exact) mass is 336 g/mol. The number of H-pyrrole nitrogens is 1. The summed E-state index contributed by atoms with van der Waals surface area (Å²) < 4.78 is 13.3. The van der Waals surface area contributed by atoms with Crippen LogP contribution in [-0.4, -0.2) is 32.3 Å². The Hall–Kier alpha value is -0.670. The van der Waals surface area contributed by atoms with E-state index in [1.165, 1.54) is 16.8 Å². The van der Waals surface area contributed by atoms with E-state index in [4.69, 9.17) is 9.47 Å². The van der Waals surface area contributed by atoms with Gasteiger partial charge < -0.3 is 9.47 Å². The molecule has 3 heterocycles. The molecule has 0 spiro atoms. The number of rotatable bonds is 2. The topological polar surface area (TPSA) is 76.6 Å². The van der Waals surface area contributed by atoms with Crippen molar-refractivity contribution in [3.05, 3.63) is 33.1 Å². The van der Waals surface area contributed by atoms with Gasteiger partial charge in [0.05, 0.1) is 6.10 Å². The van der Waals surface area contributed by atoms with Gasteiger partial charge in [0.2, 0.25) is 0 Å². The predicted octanol–water partition coefficient (Wildman–Crippen LogP) is -0.364. The number of hydrogen-bond acceptors (Lipinski definition) is 4. The number of alkyl halides is 1. The van der Waals surface area contributed by atoms with E-state index in [-0.39, 0.29) is 18.3 Å². The number of nitrogens with zero attached hydrogens (tertiary/aromatic N) is 1. The number of epoxide rings is 1. The third kappa shape index (κ3) is 1.54. The summed E-state index contributed by atoms with van der Waals surface area (Å²) in [6.07, 6.45) is 1.12. The lowest BCUT2D eigenvalue weighted by molar-refractivity contribution is -0.0579. The molecule has 0 aromatic carbocycles. The minimum Gasteiger partial charge on any atom is -0.362 e. The zero-order valence-corrected chi connectivity index (χ0v) is 10.3. The highest BCUT2D eigenvalue weighted by Crippen LogP contribution is 2.44. The molecule has 6 nitrogen and oxygen atoms in total. The van der Waals surface area contributed by atoms with Gasteiger partial charge in [0.1, 0.15) is 12.2 Å². The normalized spacial score (nSPS) is 36.1. The van der Waals surface area contributed by atoms with Crippen LogP contribution in [0.4, 0.5) is 0 Å². The van der Waals surface area contributed by atoms with E-state index in [2.05, 4.69) is 27.6 Å². The maximum absolute atomic E-state index is 11.6. The molecule has 4 atom stereocenters. The highest BCUT2D eigenvalue weighted by molar-refractivity contribution is 14.1. The first kappa shape index (κ1) is 10.5. The molecule has 1 aromatic heterocycles. The summed E-state index contributed by atoms with van der Waals surface area (Å²) in [7, 11) is 0. The van der Waals surface area contributed by atoms with Crippen molar-refractivity contribution in [2.45, 2.75) is 24.5 Å². The van der Waals surface area contributed by atoms with Crippen molar-refractivity contribution in [1.82, 2.24) is 9.55 Å². The molecule has 0 amide bonds. The van der Waals surface area contributed by atoms with E-state index in [0.29, 0.717) is 0 Å². The Morgan fingerprint density at radius 3 is 2.81 bits per heavy atom. The Morgan fingerprint density at radius 2 is 2.19 bits per heavy atom. The molecule has 2 fully saturated rings. The van der Waals surface area contributed by atoms with E-state index in [9.17, 15) is 9.59 Å². The lowest BCUT2D eigenvalue weighted by Crippen LogP contribution is -2.34. The van der Waals surface area contributed by atoms with Gasteiger partial charge in [-0.15, -0.1) is 0 Å². The number of hydrogen-bond donors (Lipinski definition) is 1. The lowest BCUT2D eigenvalue weighted by atomic mass is 10.2. The summed E-state index contributed by atoms with van der Waals surface area (Å²) in [5, 5.41) is 0. The quantitative estimate of drug-likeness (QED) is 0.455. The molecule has 0 bridgehead atoms. The SMILES string of the molecule is O=c1ccn([C@@H]2O[C@H](CI)[C@@H]3O[C@@H]32)c(=O)[nH]1. The summed E-state index contributed by atoms with van der Waals surface area (Å²) in [5.74, 6) is 0. The van der Waals surface area contributed by atoms with E-state index in [0.717, 1.165) is 4.43 Å². The Kier molecular flexibility index (Phi) is 2.41. The molecule has 0 aliphatic carbocycles. The summed E-state index contributed by atoms with van der Waals surface area (Å²) in [6, 6.07) is 1.31. The standard InChI is InChI=1S/C9H9IN2O4/c10-3-4-6-7(16-6)8(15-4)12-2-1-5(13)11-9(12)14/h1-2,4,6-8H,3H2,(H,11,13,14)/t4-,6+,7+,8-/m1/s1. The fourth-order valence-corrected chi connectivity index (χ4v) is 2.68. The van der Waals surface area contributed by atoms with E-state index >= 15 is 0 Å². The fraction of sp³-hybridized carbons (Fsp3) is 0.556. The Balaban J connectivity index is 1.94. The molecule has 0 radical (unpaired) electrons. The second kappa shape index (κ2) is 3.67. The molecule has 16 heavy (non-hydrogen) atoms. The average Bonchev–Trinajstić information content (AvgIpc) is 2.96. The van der Waals surface area contributed by atoms with Gasteiger partial charge in [0.15, 0.2) is 6.23 Å². The van der Waals surface area contributed by atoms with Crippen LogP contribution in [0.5, 0.6) is 0 Å². The Labute approximate surface area is 104 Å². The number of aromatic amines is 1. The molecule has 2 saturated heterocycles. The van der Waals surface area contributed by atoms with Gasteiger partial charge >= 0.3 is 5.69 Å². The molecular weight excluding hydrogens is 327 g/mol. The van der Waals surface area contributed by atoms with Crippen LogP contribution in [0.1, 0.15) is 6.23 Å². The van der Waals surface area contributed by atoms with Crippen LogP contribution in [-0.2, 0) is 9.47 Å². The largest absolute Gasteiger partial charge is 0.362 e. The summed E-state index contributed by atoms with van der Waals surface area (Å²) in [4.78, 5) is 24.7. The van der Waals surface area contributed by atoms with Crippen LogP contribution in [0.3, 0.4) is 0 Å². The highest BCUT2D eigenvalue weighted by Gasteiger charge is 2.58. The molecule has 86 valence electrons. The van der Waals surface area contributed by atoms with Crippen molar-refractivity contribution in [3.8, 4) is 0 Å². The van der Waals surface area contributed by atoms with Crippen LogP contribution in [0, 0.1) is 0 Å². The van der Waals surface area contributed by atoms with E-state index in [1.54, 1.807) is 0 Å². The Bertz CT molecular complexity index is 525. The highest BCUT2D eigenvalue weighted by atomic mass is 127. The first-order chi connectivity index (χ1) is 7.70. The maximum atomic E-state index is 11.6. The third-order valence-corrected chi connectivity index (χ3v) is 3.67. The second-order valence-corrected chi connectivity index (χ2v) is 4.68.